The van der Waals surface area contributed by atoms with Crippen molar-refractivity contribution in [2.45, 2.75) is 19.0 Å². The summed E-state index contributed by atoms with van der Waals surface area (Å²) in [5.74, 6) is -1.45. The lowest BCUT2D eigenvalue weighted by atomic mass is 10.1. The molecule has 0 saturated heterocycles. The van der Waals surface area contributed by atoms with Crippen LogP contribution >= 0.6 is 11.3 Å². The van der Waals surface area contributed by atoms with E-state index in [1.165, 1.54) is 6.07 Å². The van der Waals surface area contributed by atoms with E-state index < -0.39 is 22.9 Å². The van der Waals surface area contributed by atoms with Crippen LogP contribution in [0, 0.1) is 0 Å². The first-order chi connectivity index (χ1) is 14.7. The Hall–Kier alpha value is -3.39. The van der Waals surface area contributed by atoms with Crippen molar-refractivity contribution in [2.75, 3.05) is 5.32 Å². The number of hydrogen-bond acceptors (Lipinski definition) is 3. The Bertz CT molecular complexity index is 1090. The molecule has 0 saturated carbocycles. The van der Waals surface area contributed by atoms with E-state index in [0.29, 0.717) is 27.5 Å². The van der Waals surface area contributed by atoms with E-state index in [2.05, 4.69) is 5.32 Å². The average molecular weight is 445 g/mol. The molecule has 0 aliphatic carbocycles. The van der Waals surface area contributed by atoms with E-state index in [-0.39, 0.29) is 18.4 Å². The van der Waals surface area contributed by atoms with Gasteiger partial charge in [-0.3, -0.25) is 9.59 Å². The Morgan fingerprint density at radius 2 is 1.65 bits per heavy atom. The topological polar surface area (TPSA) is 66.4 Å². The number of thiophene rings is 1. The van der Waals surface area contributed by atoms with Gasteiger partial charge in [-0.1, -0.05) is 48.5 Å². The van der Waals surface area contributed by atoms with Crippen molar-refractivity contribution in [3.8, 4) is 11.1 Å². The number of carboxylic acids is 1. The summed E-state index contributed by atoms with van der Waals surface area (Å²) < 4.78 is 40.4. The van der Waals surface area contributed by atoms with Crippen molar-refractivity contribution in [3.63, 3.8) is 0 Å². The van der Waals surface area contributed by atoms with Gasteiger partial charge in [0.1, 0.15) is 4.88 Å². The highest BCUT2D eigenvalue weighted by Gasteiger charge is 2.36. The Morgan fingerprint density at radius 3 is 2.26 bits per heavy atom. The summed E-state index contributed by atoms with van der Waals surface area (Å²) in [6, 6.07) is 16.7. The first kappa shape index (κ1) is 22.3. The summed E-state index contributed by atoms with van der Waals surface area (Å²) >= 11 is 0.683. The van der Waals surface area contributed by atoms with Crippen LogP contribution in [0.5, 0.6) is 0 Å². The van der Waals surface area contributed by atoms with Crippen LogP contribution in [0.3, 0.4) is 0 Å². The number of carbonyl (C=O) groups is 2. The molecule has 0 spiro atoms. The number of nitrogens with one attached hydrogen (secondary N) is 1. The van der Waals surface area contributed by atoms with Crippen LogP contribution in [0.15, 0.2) is 60.7 Å². The fourth-order valence-corrected chi connectivity index (χ4v) is 3.79. The number of benzene rings is 2. The van der Waals surface area contributed by atoms with Crippen LogP contribution < -0.4 is 5.32 Å². The number of amides is 1. The Morgan fingerprint density at radius 1 is 0.968 bits per heavy atom. The summed E-state index contributed by atoms with van der Waals surface area (Å²) in [7, 11) is 0. The second-order valence-corrected chi connectivity index (χ2v) is 7.74. The zero-order chi connectivity index (χ0) is 22.4. The zero-order valence-electron chi connectivity index (χ0n) is 16.1. The van der Waals surface area contributed by atoms with Gasteiger partial charge < -0.3 is 10.4 Å². The van der Waals surface area contributed by atoms with Crippen LogP contribution in [-0.2, 0) is 15.8 Å². The van der Waals surface area contributed by atoms with Crippen molar-refractivity contribution >= 4 is 41.1 Å². The molecule has 4 nitrogen and oxygen atoms in total. The summed E-state index contributed by atoms with van der Waals surface area (Å²) in [4.78, 5) is 22.0. The predicted octanol–water partition coefficient (Wildman–Crippen LogP) is 6.41. The largest absolute Gasteiger partial charge is 0.481 e. The van der Waals surface area contributed by atoms with Crippen molar-refractivity contribution in [3.05, 3.63) is 76.0 Å². The lowest BCUT2D eigenvalue weighted by Gasteiger charge is -2.07. The Kier molecular flexibility index (Phi) is 6.91. The molecule has 0 radical (unpaired) electrons. The standard InChI is InChI=1S/C23H18F3NO3S/c24-23(25,26)22-19(16-4-2-1-3-5-16)14-18(31-22)11-8-15-6-9-17(10-7-15)27-20(28)12-13-21(29)30/h1-11,14H,12-13H2,(H,27,28)(H,29,30)/b11-8+. The van der Waals surface area contributed by atoms with Gasteiger partial charge >= 0.3 is 12.1 Å². The maximum atomic E-state index is 13.5. The average Bonchev–Trinajstić information content (AvgIpc) is 3.17. The number of aliphatic carboxylic acids is 1. The molecule has 31 heavy (non-hydrogen) atoms. The molecular weight excluding hydrogens is 427 g/mol. The summed E-state index contributed by atoms with van der Waals surface area (Å²) in [5, 5.41) is 11.2. The minimum absolute atomic E-state index is 0.124. The molecule has 3 aromatic rings. The molecule has 2 aromatic carbocycles. The first-order valence-electron chi connectivity index (χ1n) is 9.28. The van der Waals surface area contributed by atoms with Crippen molar-refractivity contribution < 1.29 is 27.9 Å². The molecule has 160 valence electrons. The number of rotatable bonds is 7. The first-order valence-corrected chi connectivity index (χ1v) is 10.1. The van der Waals surface area contributed by atoms with Crippen LogP contribution in [0.25, 0.3) is 23.3 Å². The molecule has 0 fully saturated rings. The molecule has 1 aromatic heterocycles. The third-order valence-electron chi connectivity index (χ3n) is 4.29. The van der Waals surface area contributed by atoms with E-state index in [1.54, 1.807) is 66.7 Å². The number of carbonyl (C=O) groups excluding carboxylic acids is 1. The number of hydrogen-bond donors (Lipinski definition) is 2. The van der Waals surface area contributed by atoms with Gasteiger partial charge in [0.05, 0.1) is 6.42 Å². The number of halogens is 3. The number of alkyl halides is 3. The fraction of sp³-hybridized carbons (Fsp3) is 0.130. The van der Waals surface area contributed by atoms with E-state index in [4.69, 9.17) is 5.11 Å². The van der Waals surface area contributed by atoms with Crippen LogP contribution in [0.4, 0.5) is 18.9 Å². The maximum Gasteiger partial charge on any atom is 0.426 e. The minimum Gasteiger partial charge on any atom is -0.481 e. The van der Waals surface area contributed by atoms with Gasteiger partial charge in [0.15, 0.2) is 0 Å². The van der Waals surface area contributed by atoms with Crippen molar-refractivity contribution in [1.82, 2.24) is 0 Å². The lowest BCUT2D eigenvalue weighted by Crippen LogP contribution is -2.13. The fourth-order valence-electron chi connectivity index (χ4n) is 2.83. The van der Waals surface area contributed by atoms with E-state index >= 15 is 0 Å². The molecule has 0 aliphatic rings. The Labute approximate surface area is 180 Å². The van der Waals surface area contributed by atoms with E-state index in [0.717, 1.165) is 5.56 Å². The molecule has 0 atom stereocenters. The van der Waals surface area contributed by atoms with E-state index in [1.807, 2.05) is 0 Å². The van der Waals surface area contributed by atoms with Gasteiger partial charge in [-0.15, -0.1) is 11.3 Å². The molecule has 0 aliphatic heterocycles. The van der Waals surface area contributed by atoms with Crippen molar-refractivity contribution in [1.29, 1.82) is 0 Å². The molecule has 2 N–H and O–H groups in total. The highest BCUT2D eigenvalue weighted by Crippen LogP contribution is 2.43. The second-order valence-electron chi connectivity index (χ2n) is 6.65. The molecule has 0 bridgehead atoms. The normalized spacial score (nSPS) is 11.6. The summed E-state index contributed by atoms with van der Waals surface area (Å²) in [5.41, 5.74) is 1.91. The Balaban J connectivity index is 1.74. The van der Waals surface area contributed by atoms with Crippen molar-refractivity contribution in [2.24, 2.45) is 0 Å². The van der Waals surface area contributed by atoms with E-state index in [9.17, 15) is 22.8 Å². The maximum absolute atomic E-state index is 13.5. The van der Waals surface area contributed by atoms with Gasteiger partial charge in [0.25, 0.3) is 0 Å². The molecule has 1 amide bonds. The third-order valence-corrected chi connectivity index (χ3v) is 5.44. The van der Waals surface area contributed by atoms with Crippen LogP contribution in [0.1, 0.15) is 28.2 Å². The molecule has 0 unspecified atom stereocenters. The second kappa shape index (κ2) is 9.61. The van der Waals surface area contributed by atoms with Gasteiger partial charge in [0.2, 0.25) is 5.91 Å². The van der Waals surface area contributed by atoms with Gasteiger partial charge in [-0.2, -0.15) is 13.2 Å². The molecule has 3 rings (SSSR count). The third kappa shape index (κ3) is 6.29. The van der Waals surface area contributed by atoms with Crippen LogP contribution in [0.2, 0.25) is 0 Å². The summed E-state index contributed by atoms with van der Waals surface area (Å²) in [6.45, 7) is 0. The quantitative estimate of drug-likeness (QED) is 0.442. The molecule has 8 heteroatoms. The monoisotopic (exact) mass is 445 g/mol. The molecular formula is C23H18F3NO3S. The minimum atomic E-state index is -4.44. The smallest absolute Gasteiger partial charge is 0.426 e. The summed E-state index contributed by atoms with van der Waals surface area (Å²) in [6.07, 6.45) is -1.51. The van der Waals surface area contributed by atoms with Gasteiger partial charge in [-0.25, -0.2) is 0 Å². The molecule has 1 heterocycles. The zero-order valence-corrected chi connectivity index (χ0v) is 17.0. The van der Waals surface area contributed by atoms with Gasteiger partial charge in [0, 0.05) is 22.5 Å². The van der Waals surface area contributed by atoms with Gasteiger partial charge in [-0.05, 0) is 35.4 Å². The highest BCUT2D eigenvalue weighted by atomic mass is 32.1. The lowest BCUT2D eigenvalue weighted by molar-refractivity contribution is -0.138. The highest BCUT2D eigenvalue weighted by molar-refractivity contribution is 7.13. The number of carboxylic acid groups (broad SMARTS) is 1. The number of anilines is 1. The SMILES string of the molecule is O=C(O)CCC(=O)Nc1ccc(/C=C/c2cc(-c3ccccc3)c(C(F)(F)F)s2)cc1. The predicted molar refractivity (Wildman–Crippen MR) is 116 cm³/mol. The van der Waals surface area contributed by atoms with Crippen LogP contribution in [-0.4, -0.2) is 17.0 Å².